The molecule has 0 N–H and O–H groups in total. The summed E-state index contributed by atoms with van der Waals surface area (Å²) in [5.41, 5.74) is 2.53. The van der Waals surface area contributed by atoms with Gasteiger partial charge in [0.2, 0.25) is 0 Å². The highest BCUT2D eigenvalue weighted by molar-refractivity contribution is 7.12. The van der Waals surface area contributed by atoms with Gasteiger partial charge in [0.05, 0.1) is 32.2 Å². The maximum atomic E-state index is 13.1. The van der Waals surface area contributed by atoms with E-state index in [0.717, 1.165) is 27.6 Å². The molecule has 0 atom stereocenters. The lowest BCUT2D eigenvalue weighted by Gasteiger charge is -2.22. The molecule has 0 unspecified atom stereocenters. The van der Waals surface area contributed by atoms with E-state index in [1.54, 1.807) is 26.2 Å². The molecule has 0 saturated carbocycles. The van der Waals surface area contributed by atoms with Crippen molar-refractivity contribution in [3.8, 4) is 11.5 Å². The topological polar surface area (TPSA) is 76.9 Å². The van der Waals surface area contributed by atoms with Crippen molar-refractivity contribution < 1.29 is 19.1 Å². The standard InChI is InChI=1S/C29H34N4O4S2/c1-5-13-33(29(35)26-9-7-16-38-26)18-22-8-6-14-32(22)19-27-30-23(20-39-27)28(34)31(2)15-12-21-10-11-24(36-3)25(17-21)37-4/h6-11,14,16-17,20H,5,12-13,15,18-19H2,1-4H3. The van der Waals surface area contributed by atoms with Gasteiger partial charge in [-0.2, -0.15) is 0 Å². The lowest BCUT2D eigenvalue weighted by Crippen LogP contribution is -2.31. The molecule has 0 aliphatic rings. The largest absolute Gasteiger partial charge is 0.493 e. The first-order valence-corrected chi connectivity index (χ1v) is 14.6. The predicted octanol–water partition coefficient (Wildman–Crippen LogP) is 5.44. The molecule has 2 amide bonds. The molecule has 1 aromatic carbocycles. The molecule has 39 heavy (non-hydrogen) atoms. The van der Waals surface area contributed by atoms with Gasteiger partial charge in [0.25, 0.3) is 11.8 Å². The highest BCUT2D eigenvalue weighted by Gasteiger charge is 2.19. The van der Waals surface area contributed by atoms with E-state index in [1.807, 2.05) is 64.3 Å². The zero-order valence-corrected chi connectivity index (χ0v) is 24.4. The first-order chi connectivity index (χ1) is 18.9. The van der Waals surface area contributed by atoms with E-state index in [1.165, 1.54) is 22.7 Å². The van der Waals surface area contributed by atoms with Crippen LogP contribution in [0.5, 0.6) is 11.5 Å². The van der Waals surface area contributed by atoms with Gasteiger partial charge < -0.3 is 23.8 Å². The molecular formula is C29H34N4O4S2. The Morgan fingerprint density at radius 2 is 1.82 bits per heavy atom. The third-order valence-corrected chi connectivity index (χ3v) is 8.09. The zero-order valence-electron chi connectivity index (χ0n) is 22.8. The molecular weight excluding hydrogens is 532 g/mol. The van der Waals surface area contributed by atoms with Crippen LogP contribution in [0.3, 0.4) is 0 Å². The molecule has 0 aliphatic heterocycles. The second-order valence-electron chi connectivity index (χ2n) is 9.12. The number of amides is 2. The van der Waals surface area contributed by atoms with Crippen LogP contribution in [0.1, 0.15) is 49.8 Å². The van der Waals surface area contributed by atoms with Crippen molar-refractivity contribution in [1.29, 1.82) is 0 Å². The summed E-state index contributed by atoms with van der Waals surface area (Å²) in [5.74, 6) is 1.30. The van der Waals surface area contributed by atoms with Crippen LogP contribution >= 0.6 is 22.7 Å². The first-order valence-electron chi connectivity index (χ1n) is 12.8. The van der Waals surface area contributed by atoms with Gasteiger partial charge in [0, 0.05) is 37.4 Å². The van der Waals surface area contributed by atoms with E-state index in [2.05, 4.69) is 16.5 Å². The van der Waals surface area contributed by atoms with Crippen molar-refractivity contribution in [3.63, 3.8) is 0 Å². The number of ether oxygens (including phenoxy) is 2. The molecule has 0 radical (unpaired) electrons. The van der Waals surface area contributed by atoms with Gasteiger partial charge in [-0.1, -0.05) is 19.1 Å². The van der Waals surface area contributed by atoms with Gasteiger partial charge in [0.15, 0.2) is 11.5 Å². The number of hydrogen-bond acceptors (Lipinski definition) is 7. The number of aromatic nitrogens is 2. The average Bonchev–Trinajstić information content (AvgIpc) is 3.74. The van der Waals surface area contributed by atoms with E-state index in [9.17, 15) is 9.59 Å². The third-order valence-electron chi connectivity index (χ3n) is 6.40. The monoisotopic (exact) mass is 566 g/mol. The molecule has 0 bridgehead atoms. The van der Waals surface area contributed by atoms with Gasteiger partial charge in [-0.25, -0.2) is 4.98 Å². The number of likely N-dealkylation sites (N-methyl/N-ethyl adjacent to an activating group) is 1. The second-order valence-corrected chi connectivity index (χ2v) is 11.0. The molecule has 0 fully saturated rings. The summed E-state index contributed by atoms with van der Waals surface area (Å²) in [6, 6.07) is 13.6. The molecule has 0 aliphatic carbocycles. The summed E-state index contributed by atoms with van der Waals surface area (Å²) >= 11 is 2.93. The van der Waals surface area contributed by atoms with Crippen molar-refractivity contribution >= 4 is 34.5 Å². The number of thiazole rings is 1. The molecule has 206 valence electrons. The third kappa shape index (κ3) is 7.07. The van der Waals surface area contributed by atoms with E-state index in [4.69, 9.17) is 9.47 Å². The Morgan fingerprint density at radius 1 is 1.00 bits per heavy atom. The fraction of sp³-hybridized carbons (Fsp3) is 0.345. The van der Waals surface area contributed by atoms with Gasteiger partial charge in [-0.15, -0.1) is 22.7 Å². The summed E-state index contributed by atoms with van der Waals surface area (Å²) in [6.45, 7) is 4.38. The zero-order chi connectivity index (χ0) is 27.8. The Bertz CT molecular complexity index is 1380. The SMILES string of the molecule is CCCN(Cc1cccn1Cc1nc(C(=O)N(C)CCc2ccc(OC)c(OC)c2)cs1)C(=O)c1cccs1. The van der Waals surface area contributed by atoms with E-state index in [0.29, 0.717) is 49.8 Å². The number of hydrogen-bond donors (Lipinski definition) is 0. The predicted molar refractivity (Wildman–Crippen MR) is 155 cm³/mol. The maximum Gasteiger partial charge on any atom is 0.273 e. The normalized spacial score (nSPS) is 10.9. The van der Waals surface area contributed by atoms with Crippen LogP contribution in [0, 0.1) is 0 Å². The number of nitrogens with zero attached hydrogens (tertiary/aromatic N) is 4. The van der Waals surface area contributed by atoms with E-state index < -0.39 is 0 Å². The minimum atomic E-state index is -0.110. The Morgan fingerprint density at radius 3 is 2.54 bits per heavy atom. The molecule has 4 aromatic rings. The molecule has 4 rings (SSSR count). The second kappa shape index (κ2) is 13.4. The molecule has 8 nitrogen and oxygen atoms in total. The Balaban J connectivity index is 1.37. The van der Waals surface area contributed by atoms with Gasteiger partial charge in [-0.05, 0) is 54.1 Å². The summed E-state index contributed by atoms with van der Waals surface area (Å²) in [4.78, 5) is 35.0. The van der Waals surface area contributed by atoms with Crippen molar-refractivity contribution in [2.24, 2.45) is 0 Å². The maximum absolute atomic E-state index is 13.1. The fourth-order valence-electron chi connectivity index (χ4n) is 4.28. The van der Waals surface area contributed by atoms with Crippen molar-refractivity contribution in [2.75, 3.05) is 34.4 Å². The average molecular weight is 567 g/mol. The quantitative estimate of drug-likeness (QED) is 0.215. The van der Waals surface area contributed by atoms with Gasteiger partial charge in [-0.3, -0.25) is 9.59 Å². The summed E-state index contributed by atoms with van der Waals surface area (Å²) in [5, 5.41) is 4.59. The number of rotatable bonds is 13. The minimum absolute atomic E-state index is 0.0536. The smallest absolute Gasteiger partial charge is 0.273 e. The Labute approximate surface area is 237 Å². The number of thiophene rings is 1. The van der Waals surface area contributed by atoms with Crippen LogP contribution in [-0.2, 0) is 19.5 Å². The summed E-state index contributed by atoms with van der Waals surface area (Å²) < 4.78 is 12.8. The summed E-state index contributed by atoms with van der Waals surface area (Å²) in [7, 11) is 5.01. The van der Waals surface area contributed by atoms with Gasteiger partial charge >= 0.3 is 0 Å². The number of carbonyl (C=O) groups excluding carboxylic acids is 2. The lowest BCUT2D eigenvalue weighted by molar-refractivity contribution is 0.0743. The van der Waals surface area contributed by atoms with Crippen LogP contribution in [0.15, 0.2) is 59.4 Å². The van der Waals surface area contributed by atoms with Crippen molar-refractivity contribution in [1.82, 2.24) is 19.4 Å². The number of carbonyl (C=O) groups is 2. The Hall–Kier alpha value is -3.63. The fourth-order valence-corrected chi connectivity index (χ4v) is 5.74. The van der Waals surface area contributed by atoms with E-state index >= 15 is 0 Å². The highest BCUT2D eigenvalue weighted by atomic mass is 32.1. The molecule has 3 heterocycles. The lowest BCUT2D eigenvalue weighted by atomic mass is 10.1. The van der Waals surface area contributed by atoms with E-state index in [-0.39, 0.29) is 11.8 Å². The van der Waals surface area contributed by atoms with Crippen molar-refractivity contribution in [3.05, 3.63) is 86.3 Å². The number of benzene rings is 1. The van der Waals surface area contributed by atoms with Crippen molar-refractivity contribution in [2.45, 2.75) is 32.9 Å². The molecule has 0 saturated heterocycles. The van der Waals surface area contributed by atoms with Crippen LogP contribution in [-0.4, -0.2) is 65.5 Å². The van der Waals surface area contributed by atoms with Crippen LogP contribution in [0.25, 0.3) is 0 Å². The van der Waals surface area contributed by atoms with Crippen LogP contribution < -0.4 is 9.47 Å². The highest BCUT2D eigenvalue weighted by Crippen LogP contribution is 2.28. The summed E-state index contributed by atoms with van der Waals surface area (Å²) in [6.07, 6.45) is 3.56. The number of methoxy groups -OCH3 is 2. The Kier molecular flexibility index (Phi) is 9.78. The van der Waals surface area contributed by atoms with Crippen LogP contribution in [0.2, 0.25) is 0 Å². The molecule has 10 heteroatoms. The van der Waals surface area contributed by atoms with Gasteiger partial charge in [0.1, 0.15) is 10.7 Å². The van der Waals surface area contributed by atoms with Crippen LogP contribution in [0.4, 0.5) is 0 Å². The first kappa shape index (κ1) is 28.4. The minimum Gasteiger partial charge on any atom is -0.493 e. The molecule has 0 spiro atoms. The molecule has 3 aromatic heterocycles.